The molecule has 18 heavy (non-hydrogen) atoms. The van der Waals surface area contributed by atoms with Crippen molar-refractivity contribution in [3.05, 3.63) is 12.7 Å². The highest BCUT2D eigenvalue weighted by Gasteiger charge is 2.46. The van der Waals surface area contributed by atoms with E-state index in [1.165, 1.54) is 0 Å². The minimum Gasteiger partial charge on any atom is -0.394 e. The largest absolute Gasteiger partial charge is 0.394 e. The molecule has 0 aromatic carbocycles. The number of fused-ring (bicyclic) bond motifs is 1. The molecule has 2 aliphatic rings. The maximum absolute atomic E-state index is 10.0. The fraction of sp³-hybridized carbons (Fsp3) is 0.846. The van der Waals surface area contributed by atoms with Crippen molar-refractivity contribution >= 4 is 0 Å². The Bertz CT molecular complexity index is 295. The van der Waals surface area contributed by atoms with Crippen LogP contribution in [0.15, 0.2) is 12.7 Å². The normalized spacial score (nSPS) is 43.2. The quantitative estimate of drug-likeness (QED) is 0.611. The van der Waals surface area contributed by atoms with Crippen LogP contribution in [0, 0.1) is 5.92 Å². The lowest BCUT2D eigenvalue weighted by Gasteiger charge is -2.37. The highest BCUT2D eigenvalue weighted by atomic mass is 16.6. The van der Waals surface area contributed by atoms with Crippen LogP contribution in [-0.4, -0.2) is 58.6 Å². The van der Waals surface area contributed by atoms with Crippen molar-refractivity contribution in [2.45, 2.75) is 56.4 Å². The zero-order valence-electron chi connectivity index (χ0n) is 10.6. The highest BCUT2D eigenvalue weighted by Crippen LogP contribution is 2.36. The number of aliphatic hydroxyl groups excluding tert-OH is 3. The summed E-state index contributed by atoms with van der Waals surface area (Å²) in [6, 6.07) is 0. The van der Waals surface area contributed by atoms with E-state index in [1.807, 2.05) is 6.92 Å². The van der Waals surface area contributed by atoms with Crippen molar-refractivity contribution in [3.8, 4) is 0 Å². The van der Waals surface area contributed by atoms with E-state index in [1.54, 1.807) is 6.08 Å². The Hall–Kier alpha value is -0.460. The zero-order valence-corrected chi connectivity index (χ0v) is 10.6. The summed E-state index contributed by atoms with van der Waals surface area (Å²) in [5.74, 6) is 0.0720. The third-order valence-electron chi connectivity index (χ3n) is 3.92. The Labute approximate surface area is 107 Å². The van der Waals surface area contributed by atoms with Gasteiger partial charge in [-0.05, 0) is 0 Å². The molecule has 0 radical (unpaired) electrons. The van der Waals surface area contributed by atoms with Gasteiger partial charge in [0, 0.05) is 18.8 Å². The minimum absolute atomic E-state index is 0.0720. The molecule has 5 nitrogen and oxygen atoms in total. The van der Waals surface area contributed by atoms with Gasteiger partial charge in [-0.15, -0.1) is 6.58 Å². The fourth-order valence-corrected chi connectivity index (χ4v) is 2.74. The Balaban J connectivity index is 1.99. The molecule has 0 bridgehead atoms. The van der Waals surface area contributed by atoms with E-state index in [9.17, 15) is 10.2 Å². The van der Waals surface area contributed by atoms with Crippen LogP contribution in [0.4, 0.5) is 0 Å². The first kappa shape index (κ1) is 14.0. The van der Waals surface area contributed by atoms with Crippen molar-refractivity contribution in [2.24, 2.45) is 5.92 Å². The van der Waals surface area contributed by atoms with Gasteiger partial charge in [-0.2, -0.15) is 0 Å². The van der Waals surface area contributed by atoms with E-state index >= 15 is 0 Å². The second kappa shape index (κ2) is 5.67. The molecule has 0 aromatic rings. The number of ether oxygens (including phenoxy) is 2. The summed E-state index contributed by atoms with van der Waals surface area (Å²) in [5, 5.41) is 28.5. The highest BCUT2D eigenvalue weighted by molar-refractivity contribution is 4.97. The standard InChI is InChI=1S/C13H22O5/c1-3-7(2)13-8(15)4-11-12(18-13)5-10(17-11)9(16)6-14/h3,7-16H,1,4-6H2,2H3/t7-,8-,9?,10?,11+,12+,13-/m0/s1. The van der Waals surface area contributed by atoms with Crippen molar-refractivity contribution < 1.29 is 24.8 Å². The van der Waals surface area contributed by atoms with Gasteiger partial charge in [0.2, 0.25) is 0 Å². The van der Waals surface area contributed by atoms with Crippen molar-refractivity contribution in [1.82, 2.24) is 0 Å². The van der Waals surface area contributed by atoms with E-state index in [-0.39, 0.29) is 30.8 Å². The Morgan fingerprint density at radius 2 is 2.00 bits per heavy atom. The van der Waals surface area contributed by atoms with Gasteiger partial charge in [0.25, 0.3) is 0 Å². The molecule has 0 spiro atoms. The van der Waals surface area contributed by atoms with E-state index < -0.39 is 18.3 Å². The van der Waals surface area contributed by atoms with Crippen LogP contribution < -0.4 is 0 Å². The number of hydrogen-bond acceptors (Lipinski definition) is 5. The second-order valence-electron chi connectivity index (χ2n) is 5.24. The zero-order chi connectivity index (χ0) is 13.3. The van der Waals surface area contributed by atoms with Gasteiger partial charge in [-0.1, -0.05) is 13.0 Å². The van der Waals surface area contributed by atoms with Gasteiger partial charge in [0.15, 0.2) is 0 Å². The van der Waals surface area contributed by atoms with Crippen LogP contribution in [0.3, 0.4) is 0 Å². The molecule has 2 heterocycles. The van der Waals surface area contributed by atoms with Crippen LogP contribution in [0.2, 0.25) is 0 Å². The van der Waals surface area contributed by atoms with Crippen molar-refractivity contribution in [2.75, 3.05) is 6.61 Å². The Morgan fingerprint density at radius 3 is 2.61 bits per heavy atom. The molecule has 0 saturated carbocycles. The minimum atomic E-state index is -0.883. The van der Waals surface area contributed by atoms with Crippen LogP contribution in [0.1, 0.15) is 19.8 Å². The first-order valence-corrected chi connectivity index (χ1v) is 6.47. The molecule has 5 heteroatoms. The van der Waals surface area contributed by atoms with Gasteiger partial charge < -0.3 is 24.8 Å². The summed E-state index contributed by atoms with van der Waals surface area (Å²) in [6.07, 6.45) is 0.376. The molecule has 2 rings (SSSR count). The summed E-state index contributed by atoms with van der Waals surface area (Å²) in [5.41, 5.74) is 0. The molecule has 2 aliphatic heterocycles. The van der Waals surface area contributed by atoms with Gasteiger partial charge in [-0.25, -0.2) is 0 Å². The number of hydrogen-bond donors (Lipinski definition) is 3. The van der Waals surface area contributed by atoms with Gasteiger partial charge >= 0.3 is 0 Å². The van der Waals surface area contributed by atoms with Crippen LogP contribution in [0.5, 0.6) is 0 Å². The molecule has 0 aliphatic carbocycles. The summed E-state index contributed by atoms with van der Waals surface area (Å²) < 4.78 is 11.5. The summed E-state index contributed by atoms with van der Waals surface area (Å²) in [6.45, 7) is 5.35. The van der Waals surface area contributed by atoms with Crippen molar-refractivity contribution in [3.63, 3.8) is 0 Å². The Morgan fingerprint density at radius 1 is 1.33 bits per heavy atom. The third kappa shape index (κ3) is 2.60. The Kier molecular flexibility index (Phi) is 4.40. The monoisotopic (exact) mass is 258 g/mol. The molecule has 0 aromatic heterocycles. The third-order valence-corrected chi connectivity index (χ3v) is 3.92. The predicted molar refractivity (Wildman–Crippen MR) is 65.0 cm³/mol. The van der Waals surface area contributed by atoms with Crippen molar-refractivity contribution in [1.29, 1.82) is 0 Å². The maximum atomic E-state index is 10.0. The van der Waals surface area contributed by atoms with E-state index in [0.717, 1.165) is 0 Å². The van der Waals surface area contributed by atoms with Gasteiger partial charge in [0.05, 0.1) is 37.1 Å². The SMILES string of the molecule is C=C[C@H](C)[C@@H]1O[C@@H]2CC(C(O)CO)O[C@@H]2C[C@@H]1O. The topological polar surface area (TPSA) is 79.2 Å². The maximum Gasteiger partial charge on any atom is 0.103 e. The second-order valence-corrected chi connectivity index (χ2v) is 5.24. The average Bonchev–Trinajstić information content (AvgIpc) is 2.78. The molecular formula is C13H22O5. The number of rotatable bonds is 4. The smallest absolute Gasteiger partial charge is 0.103 e. The lowest BCUT2D eigenvalue weighted by Crippen LogP contribution is -2.47. The lowest BCUT2D eigenvalue weighted by atomic mass is 9.90. The fourth-order valence-electron chi connectivity index (χ4n) is 2.74. The molecule has 7 atom stereocenters. The van der Waals surface area contributed by atoms with Crippen LogP contribution >= 0.6 is 0 Å². The van der Waals surface area contributed by atoms with Gasteiger partial charge in [-0.3, -0.25) is 0 Å². The first-order valence-electron chi connectivity index (χ1n) is 6.47. The molecule has 104 valence electrons. The summed E-state index contributed by atoms with van der Waals surface area (Å²) in [7, 11) is 0. The van der Waals surface area contributed by atoms with Crippen LogP contribution in [0.25, 0.3) is 0 Å². The summed E-state index contributed by atoms with van der Waals surface area (Å²) >= 11 is 0. The van der Waals surface area contributed by atoms with E-state index in [4.69, 9.17) is 14.6 Å². The van der Waals surface area contributed by atoms with Crippen LogP contribution in [-0.2, 0) is 9.47 Å². The predicted octanol–water partition coefficient (Wildman–Crippen LogP) is -0.162. The molecule has 2 unspecified atom stereocenters. The first-order chi connectivity index (χ1) is 8.56. The summed E-state index contributed by atoms with van der Waals surface area (Å²) in [4.78, 5) is 0. The number of aliphatic hydroxyl groups is 3. The molecule has 2 fully saturated rings. The molecular weight excluding hydrogens is 236 g/mol. The molecule has 0 amide bonds. The molecule has 3 N–H and O–H groups in total. The van der Waals surface area contributed by atoms with E-state index in [0.29, 0.717) is 12.8 Å². The lowest BCUT2D eigenvalue weighted by molar-refractivity contribution is -0.167. The van der Waals surface area contributed by atoms with E-state index in [2.05, 4.69) is 6.58 Å². The van der Waals surface area contributed by atoms with Gasteiger partial charge in [0.1, 0.15) is 6.10 Å². The molecule has 2 saturated heterocycles. The average molecular weight is 258 g/mol.